The van der Waals surface area contributed by atoms with Gasteiger partial charge in [0.25, 0.3) is 0 Å². The molecule has 2 aromatic rings. The summed E-state index contributed by atoms with van der Waals surface area (Å²) in [6.45, 7) is 2.22. The molecule has 0 unspecified atom stereocenters. The minimum absolute atomic E-state index is 0.0437. The highest BCUT2D eigenvalue weighted by molar-refractivity contribution is 5.93. The Bertz CT molecular complexity index is 728. The zero-order valence-electron chi connectivity index (χ0n) is 13.9. The standard InChI is InChI=1S/C19H21F2N3O/c20-17-9-6-15(12-18(17)21)23-19(25)13-22-14-4-7-16(8-5-14)24-10-2-1-3-11-24/h4-9,12,22H,1-3,10-11,13H2,(H,23,25). The van der Waals surface area contributed by atoms with Crippen molar-refractivity contribution >= 4 is 23.0 Å². The SMILES string of the molecule is O=C(CNc1ccc(N2CCCCC2)cc1)Nc1ccc(F)c(F)c1. The van der Waals surface area contributed by atoms with Gasteiger partial charge in [-0.15, -0.1) is 0 Å². The van der Waals surface area contributed by atoms with Crippen LogP contribution in [0.4, 0.5) is 25.8 Å². The molecule has 0 atom stereocenters. The smallest absolute Gasteiger partial charge is 0.243 e. The molecule has 2 aromatic carbocycles. The Kier molecular flexibility index (Phi) is 5.48. The van der Waals surface area contributed by atoms with Gasteiger partial charge in [0, 0.05) is 36.2 Å². The van der Waals surface area contributed by atoms with Crippen molar-refractivity contribution < 1.29 is 13.6 Å². The van der Waals surface area contributed by atoms with Crippen LogP contribution in [-0.2, 0) is 4.79 Å². The summed E-state index contributed by atoms with van der Waals surface area (Å²) in [4.78, 5) is 14.3. The van der Waals surface area contributed by atoms with Crippen molar-refractivity contribution in [3.63, 3.8) is 0 Å². The molecule has 1 fully saturated rings. The van der Waals surface area contributed by atoms with Crippen LogP contribution < -0.4 is 15.5 Å². The average molecular weight is 345 g/mol. The molecule has 0 aliphatic carbocycles. The van der Waals surface area contributed by atoms with Gasteiger partial charge in [-0.2, -0.15) is 0 Å². The van der Waals surface area contributed by atoms with E-state index in [1.807, 2.05) is 24.3 Å². The maximum Gasteiger partial charge on any atom is 0.243 e. The number of nitrogens with zero attached hydrogens (tertiary/aromatic N) is 1. The molecular weight excluding hydrogens is 324 g/mol. The lowest BCUT2D eigenvalue weighted by Crippen LogP contribution is -2.29. The largest absolute Gasteiger partial charge is 0.376 e. The van der Waals surface area contributed by atoms with Crippen molar-refractivity contribution in [3.05, 3.63) is 54.1 Å². The first-order valence-electron chi connectivity index (χ1n) is 8.45. The van der Waals surface area contributed by atoms with Gasteiger partial charge in [-0.25, -0.2) is 8.78 Å². The lowest BCUT2D eigenvalue weighted by molar-refractivity contribution is -0.114. The second kappa shape index (κ2) is 7.96. The second-order valence-corrected chi connectivity index (χ2v) is 6.13. The van der Waals surface area contributed by atoms with E-state index in [4.69, 9.17) is 0 Å². The Balaban J connectivity index is 1.50. The average Bonchev–Trinajstić information content (AvgIpc) is 2.64. The molecule has 1 saturated heterocycles. The highest BCUT2D eigenvalue weighted by Gasteiger charge is 2.11. The molecule has 1 amide bonds. The van der Waals surface area contributed by atoms with E-state index < -0.39 is 11.6 Å². The molecule has 132 valence electrons. The summed E-state index contributed by atoms with van der Waals surface area (Å²) in [5.74, 6) is -2.25. The molecule has 1 heterocycles. The van der Waals surface area contributed by atoms with Crippen molar-refractivity contribution in [2.45, 2.75) is 19.3 Å². The van der Waals surface area contributed by atoms with Gasteiger partial charge in [-0.1, -0.05) is 0 Å². The molecule has 0 aromatic heterocycles. The zero-order chi connectivity index (χ0) is 17.6. The number of amides is 1. The minimum atomic E-state index is -0.987. The second-order valence-electron chi connectivity index (χ2n) is 6.13. The monoisotopic (exact) mass is 345 g/mol. The number of piperidine rings is 1. The number of benzene rings is 2. The van der Waals surface area contributed by atoms with Crippen LogP contribution in [0.15, 0.2) is 42.5 Å². The zero-order valence-corrected chi connectivity index (χ0v) is 13.9. The molecular formula is C19H21F2N3O. The van der Waals surface area contributed by atoms with Gasteiger partial charge in [0.05, 0.1) is 6.54 Å². The van der Waals surface area contributed by atoms with Crippen LogP contribution in [0.2, 0.25) is 0 Å². The van der Waals surface area contributed by atoms with Gasteiger partial charge in [-0.3, -0.25) is 4.79 Å². The summed E-state index contributed by atoms with van der Waals surface area (Å²) in [6.07, 6.45) is 3.75. The predicted octanol–water partition coefficient (Wildman–Crippen LogP) is 4.01. The van der Waals surface area contributed by atoms with Gasteiger partial charge >= 0.3 is 0 Å². The number of halogens is 2. The van der Waals surface area contributed by atoms with E-state index in [1.54, 1.807) is 0 Å². The van der Waals surface area contributed by atoms with Crippen molar-refractivity contribution in [1.29, 1.82) is 0 Å². The summed E-state index contributed by atoms with van der Waals surface area (Å²) >= 11 is 0. The van der Waals surface area contributed by atoms with Crippen molar-refractivity contribution in [1.82, 2.24) is 0 Å². The Morgan fingerprint density at radius 2 is 1.60 bits per heavy atom. The molecule has 6 heteroatoms. The Hall–Kier alpha value is -2.63. The Morgan fingerprint density at radius 1 is 0.920 bits per heavy atom. The normalized spacial score (nSPS) is 14.2. The minimum Gasteiger partial charge on any atom is -0.376 e. The highest BCUT2D eigenvalue weighted by Crippen LogP contribution is 2.21. The molecule has 0 saturated carbocycles. The molecule has 2 N–H and O–H groups in total. The Labute approximate surface area is 145 Å². The van der Waals surface area contributed by atoms with Crippen molar-refractivity contribution in [3.8, 4) is 0 Å². The molecule has 0 bridgehead atoms. The van der Waals surface area contributed by atoms with Crippen LogP contribution in [0, 0.1) is 11.6 Å². The lowest BCUT2D eigenvalue weighted by atomic mass is 10.1. The van der Waals surface area contributed by atoms with Crippen LogP contribution in [0.5, 0.6) is 0 Å². The summed E-state index contributed by atoms with van der Waals surface area (Å²) in [5, 5.41) is 5.55. The van der Waals surface area contributed by atoms with E-state index >= 15 is 0 Å². The molecule has 1 aliphatic rings. The van der Waals surface area contributed by atoms with Gasteiger partial charge in [0.2, 0.25) is 5.91 Å². The van der Waals surface area contributed by atoms with E-state index in [2.05, 4.69) is 15.5 Å². The van der Waals surface area contributed by atoms with Gasteiger partial charge in [-0.05, 0) is 55.7 Å². The van der Waals surface area contributed by atoms with E-state index in [-0.39, 0.29) is 18.1 Å². The topological polar surface area (TPSA) is 44.4 Å². The number of carbonyl (C=O) groups is 1. The van der Waals surface area contributed by atoms with Crippen LogP contribution in [0.3, 0.4) is 0 Å². The Morgan fingerprint density at radius 3 is 2.28 bits per heavy atom. The summed E-state index contributed by atoms with van der Waals surface area (Å²) in [7, 11) is 0. The molecule has 4 nitrogen and oxygen atoms in total. The molecule has 0 spiro atoms. The number of nitrogens with one attached hydrogen (secondary N) is 2. The van der Waals surface area contributed by atoms with Crippen LogP contribution in [0.25, 0.3) is 0 Å². The van der Waals surface area contributed by atoms with E-state index in [0.29, 0.717) is 0 Å². The molecule has 1 aliphatic heterocycles. The molecule has 3 rings (SSSR count). The number of anilines is 3. The molecule has 25 heavy (non-hydrogen) atoms. The number of hydrogen-bond acceptors (Lipinski definition) is 3. The van der Waals surface area contributed by atoms with Crippen LogP contribution in [-0.4, -0.2) is 25.5 Å². The summed E-state index contributed by atoms with van der Waals surface area (Å²) < 4.78 is 26.0. The number of hydrogen-bond donors (Lipinski definition) is 2. The first kappa shape index (κ1) is 17.2. The van der Waals surface area contributed by atoms with E-state index in [1.165, 1.54) is 31.0 Å². The third-order valence-corrected chi connectivity index (χ3v) is 4.24. The lowest BCUT2D eigenvalue weighted by Gasteiger charge is -2.28. The molecule has 0 radical (unpaired) electrons. The van der Waals surface area contributed by atoms with Gasteiger partial charge < -0.3 is 15.5 Å². The van der Waals surface area contributed by atoms with Crippen LogP contribution in [0.1, 0.15) is 19.3 Å². The number of carbonyl (C=O) groups excluding carboxylic acids is 1. The fraction of sp³-hybridized carbons (Fsp3) is 0.316. The van der Waals surface area contributed by atoms with Gasteiger partial charge in [0.15, 0.2) is 11.6 Å². The first-order chi connectivity index (χ1) is 12.1. The first-order valence-corrected chi connectivity index (χ1v) is 8.45. The fourth-order valence-electron chi connectivity index (χ4n) is 2.90. The van der Waals surface area contributed by atoms with Crippen molar-refractivity contribution in [2.24, 2.45) is 0 Å². The van der Waals surface area contributed by atoms with E-state index in [9.17, 15) is 13.6 Å². The van der Waals surface area contributed by atoms with Crippen molar-refractivity contribution in [2.75, 3.05) is 35.2 Å². The summed E-state index contributed by atoms with van der Waals surface area (Å²) in [6, 6.07) is 11.2. The summed E-state index contributed by atoms with van der Waals surface area (Å²) in [5.41, 5.74) is 2.25. The van der Waals surface area contributed by atoms with Crippen LogP contribution >= 0.6 is 0 Å². The number of rotatable bonds is 5. The third-order valence-electron chi connectivity index (χ3n) is 4.24. The van der Waals surface area contributed by atoms with E-state index in [0.717, 1.165) is 30.9 Å². The maximum absolute atomic E-state index is 13.1. The quantitative estimate of drug-likeness (QED) is 0.861. The maximum atomic E-state index is 13.1. The third kappa shape index (κ3) is 4.68. The fourth-order valence-corrected chi connectivity index (χ4v) is 2.90. The van der Waals surface area contributed by atoms with Gasteiger partial charge in [0.1, 0.15) is 0 Å². The predicted molar refractivity (Wildman–Crippen MR) is 96.0 cm³/mol. The highest BCUT2D eigenvalue weighted by atomic mass is 19.2.